The van der Waals surface area contributed by atoms with Crippen LogP contribution in [0, 0.1) is 27.7 Å². The molecule has 3 aromatic heterocycles. The number of para-hydroxylation sites is 2. The van der Waals surface area contributed by atoms with Gasteiger partial charge in [0.15, 0.2) is 0 Å². The molecule has 0 aliphatic heterocycles. The average Bonchev–Trinajstić information content (AvgIpc) is 4.13. The number of aryl methyl sites for hydroxylation is 2. The van der Waals surface area contributed by atoms with Crippen LogP contribution in [0.2, 0.25) is 0 Å². The number of rotatable bonds is 6. The molecule has 3 heterocycles. The summed E-state index contributed by atoms with van der Waals surface area (Å²) in [4.78, 5) is 10.6. The molecule has 328 valence electrons. The summed E-state index contributed by atoms with van der Waals surface area (Å²) < 4.78 is 5.16. The van der Waals surface area contributed by atoms with E-state index in [1.807, 2.05) is 28.9 Å². The number of anilines is 6. The topological polar surface area (TPSA) is 19.4 Å². The second-order valence-electron chi connectivity index (χ2n) is 18.7. The Kier molecular flexibility index (Phi) is 8.80. The van der Waals surface area contributed by atoms with Gasteiger partial charge in [-0.2, -0.15) is 0 Å². The summed E-state index contributed by atoms with van der Waals surface area (Å²) >= 11 is 3.87. The zero-order valence-electron chi connectivity index (χ0n) is 38.7. The standard InChI is InChI=1S/C64H45N3S2/c1-38-20-17-31-51(40(38)3)66(42-22-7-5-8-23-42)53-36-49-59(61-57(53)46-27-12-15-33-55(46)68-61)60-50(64(49)48-30-14-11-26-44(48)45-29-19-35-65-63(45)64)37-54(58-47-28-13-16-34-56(47)69-62(58)60)67(43-24-9-6-10-25-43)52-32-18-21-39(2)41(52)4/h5-37H,1-4H3. The van der Waals surface area contributed by atoms with Gasteiger partial charge in [0.25, 0.3) is 0 Å². The third-order valence-electron chi connectivity index (χ3n) is 15.2. The summed E-state index contributed by atoms with van der Waals surface area (Å²) in [5, 5.41) is 5.08. The van der Waals surface area contributed by atoms with Gasteiger partial charge in [-0.15, -0.1) is 22.7 Å². The number of hydrogen-bond donors (Lipinski definition) is 0. The van der Waals surface area contributed by atoms with Crippen molar-refractivity contribution in [2.45, 2.75) is 33.1 Å². The Hall–Kier alpha value is -7.83. The van der Waals surface area contributed by atoms with Crippen molar-refractivity contribution in [1.29, 1.82) is 0 Å². The summed E-state index contributed by atoms with van der Waals surface area (Å²) in [7, 11) is 0. The van der Waals surface area contributed by atoms with Crippen LogP contribution in [-0.4, -0.2) is 4.98 Å². The molecule has 1 spiro atoms. The van der Waals surface area contributed by atoms with Gasteiger partial charge in [0.05, 0.1) is 22.5 Å². The summed E-state index contributed by atoms with van der Waals surface area (Å²) in [6.45, 7) is 9.01. The Balaban J connectivity index is 1.23. The lowest BCUT2D eigenvalue weighted by molar-refractivity contribution is 0.761. The predicted molar refractivity (Wildman–Crippen MR) is 295 cm³/mol. The van der Waals surface area contributed by atoms with Gasteiger partial charge in [-0.1, -0.05) is 127 Å². The highest BCUT2D eigenvalue weighted by molar-refractivity contribution is 7.27. The Morgan fingerprint density at radius 1 is 0.406 bits per heavy atom. The van der Waals surface area contributed by atoms with E-state index in [9.17, 15) is 0 Å². The highest BCUT2D eigenvalue weighted by Gasteiger charge is 2.55. The Labute approximate surface area is 409 Å². The maximum absolute atomic E-state index is 5.57. The molecule has 0 N–H and O–H groups in total. The maximum atomic E-state index is 5.57. The molecule has 14 rings (SSSR count). The number of aromatic nitrogens is 1. The van der Waals surface area contributed by atoms with Crippen molar-refractivity contribution in [1.82, 2.24) is 4.98 Å². The fourth-order valence-corrected chi connectivity index (χ4v) is 14.5. The monoisotopic (exact) mass is 919 g/mol. The van der Waals surface area contributed by atoms with E-state index in [1.165, 1.54) is 124 Å². The van der Waals surface area contributed by atoms with Gasteiger partial charge in [0.1, 0.15) is 0 Å². The molecule has 0 unspecified atom stereocenters. The molecule has 0 fully saturated rings. The number of fused-ring (bicyclic) bond motifs is 18. The number of hydrogen-bond acceptors (Lipinski definition) is 5. The van der Waals surface area contributed by atoms with Crippen molar-refractivity contribution in [2.24, 2.45) is 0 Å². The maximum Gasteiger partial charge on any atom is 0.0900 e. The minimum absolute atomic E-state index is 0.760. The molecule has 0 amide bonds. The normalized spacial score (nSPS) is 13.0. The highest BCUT2D eigenvalue weighted by Crippen LogP contribution is 2.68. The lowest BCUT2D eigenvalue weighted by Gasteiger charge is -2.33. The minimum atomic E-state index is -0.760. The molecule has 9 aromatic carbocycles. The van der Waals surface area contributed by atoms with Crippen LogP contribution in [0.5, 0.6) is 0 Å². The molecule has 0 saturated carbocycles. The van der Waals surface area contributed by atoms with E-state index in [0.29, 0.717) is 0 Å². The average molecular weight is 920 g/mol. The van der Waals surface area contributed by atoms with Gasteiger partial charge < -0.3 is 9.80 Å². The van der Waals surface area contributed by atoms with Crippen molar-refractivity contribution in [2.75, 3.05) is 9.80 Å². The van der Waals surface area contributed by atoms with E-state index in [1.54, 1.807) is 0 Å². The molecule has 69 heavy (non-hydrogen) atoms. The second kappa shape index (κ2) is 15.1. The number of pyridine rings is 1. The van der Waals surface area contributed by atoms with Crippen molar-refractivity contribution in [3.8, 4) is 22.3 Å². The van der Waals surface area contributed by atoms with E-state index < -0.39 is 5.41 Å². The Bertz CT molecular complexity index is 3820. The van der Waals surface area contributed by atoms with Gasteiger partial charge in [-0.05, 0) is 139 Å². The minimum Gasteiger partial charge on any atom is -0.310 e. The largest absolute Gasteiger partial charge is 0.310 e. The van der Waals surface area contributed by atoms with Crippen molar-refractivity contribution < 1.29 is 0 Å². The zero-order valence-corrected chi connectivity index (χ0v) is 40.3. The molecular formula is C64H45N3S2. The molecule has 3 nitrogen and oxygen atoms in total. The molecular weight excluding hydrogens is 875 g/mol. The van der Waals surface area contributed by atoms with E-state index >= 15 is 0 Å². The molecule has 0 saturated heterocycles. The van der Waals surface area contributed by atoms with Gasteiger partial charge in [-0.3, -0.25) is 4.98 Å². The molecule has 0 radical (unpaired) electrons. The molecule has 2 aliphatic rings. The van der Waals surface area contributed by atoms with E-state index in [2.05, 4.69) is 232 Å². The van der Waals surface area contributed by atoms with Crippen molar-refractivity contribution >= 4 is 97.1 Å². The first-order chi connectivity index (χ1) is 33.9. The summed E-state index contributed by atoms with van der Waals surface area (Å²) in [6, 6.07) is 72.3. The fourth-order valence-electron chi connectivity index (χ4n) is 11.9. The molecule has 12 aromatic rings. The van der Waals surface area contributed by atoms with Crippen LogP contribution >= 0.6 is 22.7 Å². The Morgan fingerprint density at radius 3 is 1.41 bits per heavy atom. The lowest BCUT2D eigenvalue weighted by Crippen LogP contribution is -2.28. The molecule has 2 aliphatic carbocycles. The molecule has 0 atom stereocenters. The van der Waals surface area contributed by atoms with Gasteiger partial charge in [0.2, 0.25) is 0 Å². The highest BCUT2D eigenvalue weighted by atomic mass is 32.1. The zero-order chi connectivity index (χ0) is 46.1. The summed E-state index contributed by atoms with van der Waals surface area (Å²) in [5.41, 5.74) is 21.2. The van der Waals surface area contributed by atoms with Crippen LogP contribution in [0.3, 0.4) is 0 Å². The van der Waals surface area contributed by atoms with Crippen molar-refractivity contribution in [3.05, 3.63) is 245 Å². The smallest absolute Gasteiger partial charge is 0.0900 e. The molecule has 5 heteroatoms. The number of thiophene rings is 2. The van der Waals surface area contributed by atoms with Gasteiger partial charge in [0, 0.05) is 86.0 Å². The fraction of sp³-hybridized carbons (Fsp3) is 0.0781. The summed E-state index contributed by atoms with van der Waals surface area (Å²) in [5.74, 6) is 0. The van der Waals surface area contributed by atoms with Gasteiger partial charge in [-0.25, -0.2) is 0 Å². The second-order valence-corrected chi connectivity index (χ2v) is 20.8. The lowest BCUT2D eigenvalue weighted by atomic mass is 9.72. The van der Waals surface area contributed by atoms with Crippen LogP contribution in [0.25, 0.3) is 62.6 Å². The quantitative estimate of drug-likeness (QED) is 0.166. The summed E-state index contributed by atoms with van der Waals surface area (Å²) in [6.07, 6.45) is 2.01. The molecule has 0 bridgehead atoms. The van der Waals surface area contributed by atoms with Crippen LogP contribution in [-0.2, 0) is 5.41 Å². The van der Waals surface area contributed by atoms with Crippen LogP contribution in [0.15, 0.2) is 200 Å². The van der Waals surface area contributed by atoms with Crippen LogP contribution in [0.4, 0.5) is 34.1 Å². The van der Waals surface area contributed by atoms with Gasteiger partial charge >= 0.3 is 0 Å². The third kappa shape index (κ3) is 5.51. The first-order valence-electron chi connectivity index (χ1n) is 23.8. The number of benzene rings is 9. The van der Waals surface area contributed by atoms with Crippen molar-refractivity contribution in [3.63, 3.8) is 0 Å². The third-order valence-corrected chi connectivity index (χ3v) is 17.6. The van der Waals surface area contributed by atoms with E-state index in [0.717, 1.165) is 17.1 Å². The first-order valence-corrected chi connectivity index (χ1v) is 25.4. The van der Waals surface area contributed by atoms with E-state index in [4.69, 9.17) is 4.98 Å². The predicted octanol–water partition coefficient (Wildman–Crippen LogP) is 18.3. The Morgan fingerprint density at radius 2 is 0.870 bits per heavy atom. The van der Waals surface area contributed by atoms with Crippen LogP contribution < -0.4 is 9.80 Å². The number of nitrogens with zero attached hydrogens (tertiary/aromatic N) is 3. The SMILES string of the molecule is Cc1cccc(N(c2ccccc2)c2cc3c(c4sc5ccccc5c24)-c2c(cc(N(c4ccccc4)c4cccc(C)c4C)c4c2sc2ccccc24)C32c3ccccc3-c3cccnc32)c1C. The first kappa shape index (κ1) is 40.3. The van der Waals surface area contributed by atoms with E-state index in [-0.39, 0.29) is 0 Å². The van der Waals surface area contributed by atoms with Crippen LogP contribution in [0.1, 0.15) is 44.6 Å².